The molecule has 4 rings (SSSR count). The summed E-state index contributed by atoms with van der Waals surface area (Å²) in [5.41, 5.74) is 3.32. The van der Waals surface area contributed by atoms with Gasteiger partial charge >= 0.3 is 0 Å². The second kappa shape index (κ2) is 8.19. The van der Waals surface area contributed by atoms with E-state index in [0.717, 1.165) is 22.4 Å². The summed E-state index contributed by atoms with van der Waals surface area (Å²) in [6, 6.07) is 23.8. The van der Waals surface area contributed by atoms with E-state index in [1.807, 2.05) is 78.9 Å². The third kappa shape index (κ3) is 3.85. The van der Waals surface area contributed by atoms with Crippen molar-refractivity contribution in [2.45, 2.75) is 19.1 Å². The number of amides is 2. The monoisotopic (exact) mass is 386 g/mol. The van der Waals surface area contributed by atoms with Gasteiger partial charge in [0.15, 0.2) is 0 Å². The Labute approximate surface area is 169 Å². The Bertz CT molecular complexity index is 1030. The van der Waals surface area contributed by atoms with Crippen molar-refractivity contribution in [1.29, 1.82) is 0 Å². The Hall–Kier alpha value is -3.60. The Balaban J connectivity index is 1.58. The Morgan fingerprint density at radius 2 is 1.79 bits per heavy atom. The molecule has 5 heteroatoms. The maximum Gasteiger partial charge on any atom is 0.255 e. The molecule has 29 heavy (non-hydrogen) atoms. The van der Waals surface area contributed by atoms with Crippen LogP contribution in [0, 0.1) is 0 Å². The first-order valence-corrected chi connectivity index (χ1v) is 9.52. The van der Waals surface area contributed by atoms with Gasteiger partial charge in [0.2, 0.25) is 5.91 Å². The van der Waals surface area contributed by atoms with Gasteiger partial charge in [-0.15, -0.1) is 0 Å². The molecule has 0 aliphatic carbocycles. The highest BCUT2D eigenvalue weighted by molar-refractivity contribution is 6.01. The molecular weight excluding hydrogens is 364 g/mol. The van der Waals surface area contributed by atoms with E-state index in [4.69, 9.17) is 4.74 Å². The molecule has 1 atom stereocenters. The molecule has 1 aliphatic heterocycles. The average Bonchev–Trinajstić information content (AvgIpc) is 3.10. The lowest BCUT2D eigenvalue weighted by Gasteiger charge is -2.27. The predicted molar refractivity (Wildman–Crippen MR) is 110 cm³/mol. The van der Waals surface area contributed by atoms with Crippen molar-refractivity contribution < 1.29 is 14.3 Å². The number of methoxy groups -OCH3 is 1. The molecule has 1 aliphatic rings. The van der Waals surface area contributed by atoms with Gasteiger partial charge in [-0.3, -0.25) is 9.59 Å². The molecule has 5 nitrogen and oxygen atoms in total. The summed E-state index contributed by atoms with van der Waals surface area (Å²) in [5.74, 6) is 0.410. The van der Waals surface area contributed by atoms with Gasteiger partial charge in [0.05, 0.1) is 7.11 Å². The number of ether oxygens (including phenoxy) is 1. The van der Waals surface area contributed by atoms with Crippen LogP contribution in [-0.4, -0.2) is 23.8 Å². The minimum absolute atomic E-state index is 0.119. The van der Waals surface area contributed by atoms with Gasteiger partial charge in [0, 0.05) is 18.7 Å². The molecule has 0 unspecified atom stereocenters. The van der Waals surface area contributed by atoms with E-state index in [1.54, 1.807) is 12.0 Å². The summed E-state index contributed by atoms with van der Waals surface area (Å²) in [5, 5.41) is 2.98. The summed E-state index contributed by atoms with van der Waals surface area (Å²) in [6.45, 7) is 0.773. The summed E-state index contributed by atoms with van der Waals surface area (Å²) in [6.07, 6.45) is 0. The maximum atomic E-state index is 13.2. The van der Waals surface area contributed by atoms with Crippen LogP contribution in [0.4, 0.5) is 0 Å². The van der Waals surface area contributed by atoms with E-state index in [2.05, 4.69) is 5.32 Å². The lowest BCUT2D eigenvalue weighted by Crippen LogP contribution is -2.40. The van der Waals surface area contributed by atoms with E-state index in [1.165, 1.54) is 0 Å². The SMILES string of the molecule is COc1cccc(CNC(=O)[C@@H](c2ccccc2)N2Cc3ccccc3C2=O)c1. The van der Waals surface area contributed by atoms with Crippen molar-refractivity contribution in [3.8, 4) is 5.75 Å². The molecule has 1 N–H and O–H groups in total. The van der Waals surface area contributed by atoms with E-state index < -0.39 is 6.04 Å². The number of nitrogens with zero attached hydrogens (tertiary/aromatic N) is 1. The van der Waals surface area contributed by atoms with E-state index >= 15 is 0 Å². The van der Waals surface area contributed by atoms with Crippen LogP contribution in [0.15, 0.2) is 78.9 Å². The minimum atomic E-state index is -0.693. The van der Waals surface area contributed by atoms with Crippen molar-refractivity contribution in [3.05, 3.63) is 101 Å². The van der Waals surface area contributed by atoms with Crippen LogP contribution in [0.5, 0.6) is 5.75 Å². The highest BCUT2D eigenvalue weighted by Crippen LogP contribution is 2.31. The van der Waals surface area contributed by atoms with Gasteiger partial charge in [0.25, 0.3) is 5.91 Å². The van der Waals surface area contributed by atoms with Crippen molar-refractivity contribution in [1.82, 2.24) is 10.2 Å². The minimum Gasteiger partial charge on any atom is -0.497 e. The maximum absolute atomic E-state index is 13.2. The van der Waals surface area contributed by atoms with E-state index in [9.17, 15) is 9.59 Å². The fourth-order valence-corrected chi connectivity index (χ4v) is 3.66. The number of fused-ring (bicyclic) bond motifs is 1. The molecule has 0 bridgehead atoms. The van der Waals surface area contributed by atoms with Gasteiger partial charge in [-0.1, -0.05) is 60.7 Å². The molecule has 3 aromatic carbocycles. The molecular formula is C24H22N2O3. The van der Waals surface area contributed by atoms with Crippen LogP contribution in [0.25, 0.3) is 0 Å². The first kappa shape index (κ1) is 18.7. The van der Waals surface area contributed by atoms with Gasteiger partial charge in [-0.2, -0.15) is 0 Å². The van der Waals surface area contributed by atoms with Crippen molar-refractivity contribution in [2.24, 2.45) is 0 Å². The van der Waals surface area contributed by atoms with Crippen LogP contribution in [0.3, 0.4) is 0 Å². The molecule has 0 radical (unpaired) electrons. The van der Waals surface area contributed by atoms with Crippen molar-refractivity contribution >= 4 is 11.8 Å². The first-order chi connectivity index (χ1) is 14.2. The molecule has 0 saturated carbocycles. The zero-order valence-corrected chi connectivity index (χ0v) is 16.2. The third-order valence-electron chi connectivity index (χ3n) is 5.13. The first-order valence-electron chi connectivity index (χ1n) is 9.52. The normalized spacial score (nSPS) is 13.7. The summed E-state index contributed by atoms with van der Waals surface area (Å²) >= 11 is 0. The highest BCUT2D eigenvalue weighted by atomic mass is 16.5. The molecule has 2 amide bonds. The molecule has 0 aromatic heterocycles. The van der Waals surface area contributed by atoms with Gasteiger partial charge in [-0.25, -0.2) is 0 Å². The fraction of sp³-hybridized carbons (Fsp3) is 0.167. The van der Waals surface area contributed by atoms with Gasteiger partial charge in [0.1, 0.15) is 11.8 Å². The van der Waals surface area contributed by atoms with Crippen LogP contribution in [0.1, 0.15) is 33.1 Å². The number of carbonyl (C=O) groups is 2. The second-order valence-electron chi connectivity index (χ2n) is 6.97. The summed E-state index contributed by atoms with van der Waals surface area (Å²) in [4.78, 5) is 27.9. The highest BCUT2D eigenvalue weighted by Gasteiger charge is 2.37. The lowest BCUT2D eigenvalue weighted by atomic mass is 10.0. The molecule has 146 valence electrons. The molecule has 0 saturated heterocycles. The molecule has 3 aromatic rings. The van der Waals surface area contributed by atoms with Crippen LogP contribution >= 0.6 is 0 Å². The third-order valence-corrected chi connectivity index (χ3v) is 5.13. The molecule has 0 spiro atoms. The summed E-state index contributed by atoms with van der Waals surface area (Å²) in [7, 11) is 1.61. The number of hydrogen-bond acceptors (Lipinski definition) is 3. The quantitative estimate of drug-likeness (QED) is 0.703. The number of hydrogen-bond donors (Lipinski definition) is 1. The number of benzene rings is 3. The van der Waals surface area contributed by atoms with Gasteiger partial charge in [-0.05, 0) is 34.9 Å². The smallest absolute Gasteiger partial charge is 0.255 e. The fourth-order valence-electron chi connectivity index (χ4n) is 3.66. The average molecular weight is 386 g/mol. The second-order valence-corrected chi connectivity index (χ2v) is 6.97. The predicted octanol–water partition coefficient (Wildman–Crippen LogP) is 3.71. The van der Waals surface area contributed by atoms with Crippen molar-refractivity contribution in [3.63, 3.8) is 0 Å². The van der Waals surface area contributed by atoms with E-state index in [0.29, 0.717) is 18.7 Å². The number of rotatable bonds is 6. The lowest BCUT2D eigenvalue weighted by molar-refractivity contribution is -0.126. The Morgan fingerprint density at radius 3 is 2.55 bits per heavy atom. The van der Waals surface area contributed by atoms with Crippen molar-refractivity contribution in [2.75, 3.05) is 7.11 Å². The van der Waals surface area contributed by atoms with Crippen LogP contribution in [0.2, 0.25) is 0 Å². The summed E-state index contributed by atoms with van der Waals surface area (Å²) < 4.78 is 5.24. The number of carbonyl (C=O) groups excluding carboxylic acids is 2. The molecule has 0 fully saturated rings. The topological polar surface area (TPSA) is 58.6 Å². The van der Waals surface area contributed by atoms with Gasteiger partial charge < -0.3 is 15.0 Å². The standard InChI is InChI=1S/C24H22N2O3/c1-29-20-12-7-8-17(14-20)15-25-23(27)22(18-9-3-2-4-10-18)26-16-19-11-5-6-13-21(19)24(26)28/h2-14,22H,15-16H2,1H3,(H,25,27)/t22-/m1/s1. The largest absolute Gasteiger partial charge is 0.497 e. The van der Waals surface area contributed by atoms with Crippen LogP contribution < -0.4 is 10.1 Å². The molecule has 1 heterocycles. The zero-order chi connectivity index (χ0) is 20.2. The zero-order valence-electron chi connectivity index (χ0n) is 16.2. The Morgan fingerprint density at radius 1 is 1.03 bits per heavy atom. The Kier molecular flexibility index (Phi) is 5.29. The van der Waals surface area contributed by atoms with Crippen LogP contribution in [-0.2, 0) is 17.9 Å². The van der Waals surface area contributed by atoms with E-state index in [-0.39, 0.29) is 11.8 Å². The number of nitrogens with one attached hydrogen (secondary N) is 1.